The third-order valence-electron chi connectivity index (χ3n) is 3.56. The molecule has 1 N–H and O–H groups in total. The van der Waals surface area contributed by atoms with Crippen molar-refractivity contribution in [3.05, 3.63) is 22.8 Å². The summed E-state index contributed by atoms with van der Waals surface area (Å²) in [6.45, 7) is 8.88. The number of aromatic nitrogens is 1. The summed E-state index contributed by atoms with van der Waals surface area (Å²) < 4.78 is 0. The molecule has 1 saturated heterocycles. The highest BCUT2D eigenvalue weighted by Crippen LogP contribution is 2.30. The number of pyridine rings is 1. The number of anilines is 1. The van der Waals surface area contributed by atoms with Crippen LogP contribution in [-0.2, 0) is 0 Å². The molecule has 110 valence electrons. The number of carbonyl (C=O) groups excluding carboxylic acids is 1. The Morgan fingerprint density at radius 1 is 1.50 bits per heavy atom. The molecule has 1 aromatic heterocycles. The van der Waals surface area contributed by atoms with E-state index < -0.39 is 0 Å². The molecule has 20 heavy (non-hydrogen) atoms. The van der Waals surface area contributed by atoms with Crippen LogP contribution in [0.25, 0.3) is 0 Å². The number of hydrogen-bond donors (Lipinski definition) is 1. The van der Waals surface area contributed by atoms with Gasteiger partial charge in [0.25, 0.3) is 5.91 Å². The third kappa shape index (κ3) is 3.63. The highest BCUT2D eigenvalue weighted by atomic mass is 35.5. The van der Waals surface area contributed by atoms with Crippen LogP contribution < -0.4 is 5.32 Å². The summed E-state index contributed by atoms with van der Waals surface area (Å²) in [4.78, 5) is 18.6. The van der Waals surface area contributed by atoms with E-state index in [2.05, 4.69) is 31.1 Å². The molecule has 0 aromatic carbocycles. The van der Waals surface area contributed by atoms with E-state index in [4.69, 9.17) is 11.6 Å². The van der Waals surface area contributed by atoms with Gasteiger partial charge in [0, 0.05) is 25.2 Å². The summed E-state index contributed by atoms with van der Waals surface area (Å²) >= 11 is 6.01. The molecule has 0 spiro atoms. The average Bonchev–Trinajstić information content (AvgIpc) is 2.75. The first-order chi connectivity index (χ1) is 9.41. The van der Waals surface area contributed by atoms with Crippen molar-refractivity contribution < 1.29 is 4.79 Å². The summed E-state index contributed by atoms with van der Waals surface area (Å²) in [5.74, 6) is 0.709. The zero-order valence-corrected chi connectivity index (χ0v) is 13.1. The number of carbonyl (C=O) groups is 1. The van der Waals surface area contributed by atoms with E-state index in [0.29, 0.717) is 16.5 Å². The van der Waals surface area contributed by atoms with E-state index in [1.54, 1.807) is 12.1 Å². The number of halogens is 1. The van der Waals surface area contributed by atoms with Gasteiger partial charge < -0.3 is 10.2 Å². The van der Waals surface area contributed by atoms with Gasteiger partial charge in [-0.1, -0.05) is 32.4 Å². The van der Waals surface area contributed by atoms with E-state index >= 15 is 0 Å². The molecule has 0 radical (unpaired) electrons. The van der Waals surface area contributed by atoms with E-state index in [1.165, 1.54) is 0 Å². The predicted molar refractivity (Wildman–Crippen MR) is 82.3 cm³/mol. The zero-order valence-electron chi connectivity index (χ0n) is 12.4. The van der Waals surface area contributed by atoms with Gasteiger partial charge in [0.1, 0.15) is 11.0 Å². The molecule has 1 amide bonds. The lowest BCUT2D eigenvalue weighted by Crippen LogP contribution is -2.30. The SMILES string of the molecule is CCCNc1cc(C(=O)N2CCC(C)(C)C2)cc(Cl)n1. The normalized spacial score (nSPS) is 17.3. The zero-order chi connectivity index (χ0) is 14.8. The summed E-state index contributed by atoms with van der Waals surface area (Å²) in [5.41, 5.74) is 0.816. The Labute approximate surface area is 125 Å². The summed E-state index contributed by atoms with van der Waals surface area (Å²) in [7, 11) is 0. The van der Waals surface area contributed by atoms with Gasteiger partial charge >= 0.3 is 0 Å². The number of nitrogens with one attached hydrogen (secondary N) is 1. The van der Waals surface area contributed by atoms with Crippen LogP contribution in [0, 0.1) is 5.41 Å². The fourth-order valence-electron chi connectivity index (χ4n) is 2.43. The van der Waals surface area contributed by atoms with Gasteiger partial charge in [-0.15, -0.1) is 0 Å². The molecule has 1 fully saturated rings. The van der Waals surface area contributed by atoms with E-state index in [0.717, 1.165) is 32.5 Å². The van der Waals surface area contributed by atoms with Crippen LogP contribution >= 0.6 is 11.6 Å². The lowest BCUT2D eigenvalue weighted by molar-refractivity contribution is 0.0778. The van der Waals surface area contributed by atoms with Crippen molar-refractivity contribution in [2.45, 2.75) is 33.6 Å². The van der Waals surface area contributed by atoms with Crippen molar-refractivity contribution in [1.82, 2.24) is 9.88 Å². The summed E-state index contributed by atoms with van der Waals surface area (Å²) in [5, 5.41) is 3.53. The smallest absolute Gasteiger partial charge is 0.254 e. The standard InChI is InChI=1S/C15H22ClN3O/c1-4-6-17-13-9-11(8-12(16)18-13)14(20)19-7-5-15(2,3)10-19/h8-9H,4-7,10H2,1-3H3,(H,17,18). The van der Waals surface area contributed by atoms with E-state index in [9.17, 15) is 4.79 Å². The largest absolute Gasteiger partial charge is 0.370 e. The maximum atomic E-state index is 12.5. The van der Waals surface area contributed by atoms with Crippen molar-refractivity contribution in [1.29, 1.82) is 0 Å². The monoisotopic (exact) mass is 295 g/mol. The number of nitrogens with zero attached hydrogens (tertiary/aromatic N) is 2. The Balaban J connectivity index is 2.15. The minimum Gasteiger partial charge on any atom is -0.370 e. The Bertz CT molecular complexity index is 502. The Morgan fingerprint density at radius 2 is 2.25 bits per heavy atom. The van der Waals surface area contributed by atoms with E-state index in [-0.39, 0.29) is 11.3 Å². The van der Waals surface area contributed by atoms with Crippen LogP contribution in [0.3, 0.4) is 0 Å². The molecule has 2 rings (SSSR count). The van der Waals surface area contributed by atoms with Crippen molar-refractivity contribution in [3.8, 4) is 0 Å². The van der Waals surface area contributed by atoms with Crippen molar-refractivity contribution in [2.24, 2.45) is 5.41 Å². The van der Waals surface area contributed by atoms with Crippen LogP contribution in [0.5, 0.6) is 0 Å². The molecule has 1 aliphatic rings. The summed E-state index contributed by atoms with van der Waals surface area (Å²) in [6, 6.07) is 3.43. The predicted octanol–water partition coefficient (Wildman–Crippen LogP) is 3.43. The van der Waals surface area contributed by atoms with Gasteiger partial charge in [0.05, 0.1) is 0 Å². The Hall–Kier alpha value is -1.29. The Morgan fingerprint density at radius 3 is 2.85 bits per heavy atom. The first-order valence-corrected chi connectivity index (χ1v) is 7.50. The molecule has 1 aromatic rings. The second-order valence-corrected chi connectivity index (χ2v) is 6.52. The van der Waals surface area contributed by atoms with Gasteiger partial charge in [-0.25, -0.2) is 4.98 Å². The van der Waals surface area contributed by atoms with Gasteiger partial charge in [-0.05, 0) is 30.4 Å². The van der Waals surface area contributed by atoms with Gasteiger partial charge in [-0.2, -0.15) is 0 Å². The quantitative estimate of drug-likeness (QED) is 0.866. The lowest BCUT2D eigenvalue weighted by atomic mass is 9.93. The molecule has 1 aliphatic heterocycles. The Kier molecular flexibility index (Phi) is 4.53. The molecule has 0 bridgehead atoms. The molecule has 0 aliphatic carbocycles. The van der Waals surface area contributed by atoms with Crippen molar-refractivity contribution in [2.75, 3.05) is 25.0 Å². The first kappa shape index (κ1) is 15.1. The second-order valence-electron chi connectivity index (χ2n) is 6.13. The van der Waals surface area contributed by atoms with E-state index in [1.807, 2.05) is 4.90 Å². The van der Waals surface area contributed by atoms with Crippen LogP contribution in [0.1, 0.15) is 44.0 Å². The first-order valence-electron chi connectivity index (χ1n) is 7.12. The van der Waals surface area contributed by atoms with Crippen molar-refractivity contribution in [3.63, 3.8) is 0 Å². The van der Waals surface area contributed by atoms with Crippen molar-refractivity contribution >= 4 is 23.3 Å². The number of amides is 1. The number of hydrogen-bond acceptors (Lipinski definition) is 3. The minimum atomic E-state index is 0.0411. The van der Waals surface area contributed by atoms with Crippen LogP contribution in [0.15, 0.2) is 12.1 Å². The molecule has 0 unspecified atom stereocenters. The molecular weight excluding hydrogens is 274 g/mol. The molecule has 2 heterocycles. The second kappa shape index (κ2) is 6.00. The third-order valence-corrected chi connectivity index (χ3v) is 3.76. The van der Waals surface area contributed by atoms with Crippen LogP contribution in [0.2, 0.25) is 5.15 Å². The molecular formula is C15H22ClN3O. The number of rotatable bonds is 4. The highest BCUT2D eigenvalue weighted by Gasteiger charge is 2.32. The van der Waals surface area contributed by atoms with Crippen LogP contribution in [0.4, 0.5) is 5.82 Å². The summed E-state index contributed by atoms with van der Waals surface area (Å²) in [6.07, 6.45) is 2.04. The number of likely N-dealkylation sites (tertiary alicyclic amines) is 1. The maximum Gasteiger partial charge on any atom is 0.254 e. The van der Waals surface area contributed by atoms with Gasteiger partial charge in [0.15, 0.2) is 0 Å². The van der Waals surface area contributed by atoms with Gasteiger partial charge in [-0.3, -0.25) is 4.79 Å². The fourth-order valence-corrected chi connectivity index (χ4v) is 2.64. The maximum absolute atomic E-state index is 12.5. The van der Waals surface area contributed by atoms with Gasteiger partial charge in [0.2, 0.25) is 0 Å². The fraction of sp³-hybridized carbons (Fsp3) is 0.600. The topological polar surface area (TPSA) is 45.2 Å². The highest BCUT2D eigenvalue weighted by molar-refractivity contribution is 6.29. The van der Waals surface area contributed by atoms with Crippen LogP contribution in [-0.4, -0.2) is 35.4 Å². The molecule has 5 heteroatoms. The average molecular weight is 296 g/mol. The lowest BCUT2D eigenvalue weighted by Gasteiger charge is -2.20. The molecule has 0 atom stereocenters. The minimum absolute atomic E-state index is 0.0411. The molecule has 0 saturated carbocycles. The molecule has 4 nitrogen and oxygen atoms in total.